The summed E-state index contributed by atoms with van der Waals surface area (Å²) in [5.41, 5.74) is 0.816. The van der Waals surface area contributed by atoms with Crippen molar-refractivity contribution in [3.05, 3.63) is 40.7 Å². The lowest BCUT2D eigenvalue weighted by atomic mass is 10.2. The summed E-state index contributed by atoms with van der Waals surface area (Å²) in [4.78, 5) is 0. The average Bonchev–Trinajstić information content (AvgIpc) is 2.26. The van der Waals surface area contributed by atoms with Gasteiger partial charge in [0, 0.05) is 20.2 Å². The summed E-state index contributed by atoms with van der Waals surface area (Å²) in [6.45, 7) is 2.22. The molecule has 0 unspecified atom stereocenters. The molecule has 0 spiro atoms. The topological polar surface area (TPSA) is 21.3 Å². The number of hydrogen-bond donors (Lipinski definition) is 1. The Bertz CT molecular complexity index is 355. The Balaban J connectivity index is 2.38. The highest BCUT2D eigenvalue weighted by Gasteiger charge is 1.97. The van der Waals surface area contributed by atoms with Crippen LogP contribution in [0.5, 0.6) is 0 Å². The van der Waals surface area contributed by atoms with Crippen LogP contribution in [0.3, 0.4) is 0 Å². The molecular formula is C12H15ClFNO. The SMILES string of the molecule is COCCNC/C=C/c1ccc(F)cc1Cl. The van der Waals surface area contributed by atoms with Crippen molar-refractivity contribution in [3.63, 3.8) is 0 Å². The lowest BCUT2D eigenvalue weighted by Crippen LogP contribution is -2.18. The van der Waals surface area contributed by atoms with Crippen molar-refractivity contribution in [2.75, 3.05) is 26.8 Å². The van der Waals surface area contributed by atoms with Crippen LogP contribution in [0.15, 0.2) is 24.3 Å². The summed E-state index contributed by atoms with van der Waals surface area (Å²) in [5, 5.41) is 3.58. The first-order valence-electron chi connectivity index (χ1n) is 5.05. The number of nitrogens with one attached hydrogen (secondary N) is 1. The molecule has 2 nitrogen and oxygen atoms in total. The first-order valence-corrected chi connectivity index (χ1v) is 5.43. The molecule has 0 atom stereocenters. The molecule has 88 valence electrons. The van der Waals surface area contributed by atoms with Crippen molar-refractivity contribution < 1.29 is 9.13 Å². The highest BCUT2D eigenvalue weighted by Crippen LogP contribution is 2.18. The van der Waals surface area contributed by atoms with E-state index in [0.29, 0.717) is 11.6 Å². The molecule has 16 heavy (non-hydrogen) atoms. The van der Waals surface area contributed by atoms with E-state index in [1.54, 1.807) is 13.2 Å². The minimum absolute atomic E-state index is 0.319. The minimum Gasteiger partial charge on any atom is -0.383 e. The lowest BCUT2D eigenvalue weighted by molar-refractivity contribution is 0.200. The lowest BCUT2D eigenvalue weighted by Gasteiger charge is -2.00. The van der Waals surface area contributed by atoms with Gasteiger partial charge >= 0.3 is 0 Å². The minimum atomic E-state index is -0.319. The van der Waals surface area contributed by atoms with Gasteiger partial charge in [0.1, 0.15) is 5.82 Å². The summed E-state index contributed by atoms with van der Waals surface area (Å²) in [6.07, 6.45) is 3.80. The number of ether oxygens (including phenoxy) is 1. The molecule has 0 aromatic heterocycles. The molecule has 0 heterocycles. The van der Waals surface area contributed by atoms with Crippen LogP contribution >= 0.6 is 11.6 Å². The molecule has 0 saturated heterocycles. The zero-order valence-electron chi connectivity index (χ0n) is 9.17. The van der Waals surface area contributed by atoms with Crippen molar-refractivity contribution in [1.82, 2.24) is 5.32 Å². The zero-order chi connectivity index (χ0) is 11.8. The standard InChI is InChI=1S/C12H15ClFNO/c1-16-8-7-15-6-2-3-10-4-5-11(14)9-12(10)13/h2-5,9,15H,6-8H2,1H3/b3-2+. The van der Waals surface area contributed by atoms with Crippen LogP contribution < -0.4 is 5.32 Å². The molecule has 1 rings (SSSR count). The fourth-order valence-electron chi connectivity index (χ4n) is 1.18. The molecule has 0 radical (unpaired) electrons. The molecule has 0 amide bonds. The molecule has 0 aliphatic heterocycles. The Labute approximate surface area is 100 Å². The number of benzene rings is 1. The van der Waals surface area contributed by atoms with Gasteiger partial charge in [-0.2, -0.15) is 0 Å². The largest absolute Gasteiger partial charge is 0.383 e. The summed E-state index contributed by atoms with van der Waals surface area (Å²) in [6, 6.07) is 4.35. The number of methoxy groups -OCH3 is 1. The van der Waals surface area contributed by atoms with Gasteiger partial charge in [0.2, 0.25) is 0 Å². The van der Waals surface area contributed by atoms with Crippen molar-refractivity contribution in [2.24, 2.45) is 0 Å². The van der Waals surface area contributed by atoms with Crippen LogP contribution in [0.2, 0.25) is 5.02 Å². The molecule has 1 N–H and O–H groups in total. The summed E-state index contributed by atoms with van der Waals surface area (Å²) in [7, 11) is 1.66. The Morgan fingerprint density at radius 2 is 2.31 bits per heavy atom. The van der Waals surface area contributed by atoms with Crippen molar-refractivity contribution >= 4 is 17.7 Å². The van der Waals surface area contributed by atoms with Gasteiger partial charge in [0.15, 0.2) is 0 Å². The molecule has 0 bridgehead atoms. The predicted molar refractivity (Wildman–Crippen MR) is 65.2 cm³/mol. The maximum absolute atomic E-state index is 12.7. The summed E-state index contributed by atoms with van der Waals surface area (Å²) in [5.74, 6) is -0.319. The summed E-state index contributed by atoms with van der Waals surface area (Å²) < 4.78 is 17.6. The van der Waals surface area contributed by atoms with E-state index in [1.807, 2.05) is 12.2 Å². The second-order valence-corrected chi connectivity index (χ2v) is 3.67. The monoisotopic (exact) mass is 243 g/mol. The third-order valence-electron chi connectivity index (χ3n) is 2.01. The molecule has 0 fully saturated rings. The van der Waals surface area contributed by atoms with Gasteiger partial charge in [-0.25, -0.2) is 4.39 Å². The van der Waals surface area contributed by atoms with E-state index in [0.717, 1.165) is 18.7 Å². The predicted octanol–water partition coefficient (Wildman–Crippen LogP) is 2.73. The van der Waals surface area contributed by atoms with Crippen molar-refractivity contribution in [3.8, 4) is 0 Å². The van der Waals surface area contributed by atoms with Crippen LogP contribution in [0, 0.1) is 5.82 Å². The van der Waals surface area contributed by atoms with Crippen LogP contribution in [0.1, 0.15) is 5.56 Å². The average molecular weight is 244 g/mol. The Morgan fingerprint density at radius 3 is 3.00 bits per heavy atom. The van der Waals surface area contributed by atoms with Crippen molar-refractivity contribution in [1.29, 1.82) is 0 Å². The normalized spacial score (nSPS) is 11.2. The van der Waals surface area contributed by atoms with Gasteiger partial charge in [-0.1, -0.05) is 29.8 Å². The first-order chi connectivity index (χ1) is 7.74. The van der Waals surface area contributed by atoms with Crippen LogP contribution in [-0.2, 0) is 4.74 Å². The second-order valence-electron chi connectivity index (χ2n) is 3.27. The number of hydrogen-bond acceptors (Lipinski definition) is 2. The van der Waals surface area contributed by atoms with E-state index in [2.05, 4.69) is 5.32 Å². The highest BCUT2D eigenvalue weighted by molar-refractivity contribution is 6.32. The third kappa shape index (κ3) is 4.75. The van der Waals surface area contributed by atoms with Gasteiger partial charge in [-0.3, -0.25) is 0 Å². The van der Waals surface area contributed by atoms with E-state index in [-0.39, 0.29) is 5.82 Å². The fourth-order valence-corrected chi connectivity index (χ4v) is 1.41. The van der Waals surface area contributed by atoms with Gasteiger partial charge < -0.3 is 10.1 Å². The summed E-state index contributed by atoms with van der Waals surface area (Å²) >= 11 is 5.86. The van der Waals surface area contributed by atoms with Gasteiger partial charge in [-0.05, 0) is 17.7 Å². The van der Waals surface area contributed by atoms with Crippen LogP contribution in [0.4, 0.5) is 4.39 Å². The maximum atomic E-state index is 12.7. The van der Waals surface area contributed by atoms with E-state index in [9.17, 15) is 4.39 Å². The molecule has 4 heteroatoms. The molecule has 0 aliphatic carbocycles. The second kappa shape index (κ2) is 7.39. The van der Waals surface area contributed by atoms with Gasteiger partial charge in [0.25, 0.3) is 0 Å². The molecule has 0 aliphatic rings. The van der Waals surface area contributed by atoms with Crippen LogP contribution in [-0.4, -0.2) is 26.8 Å². The van der Waals surface area contributed by atoms with Crippen LogP contribution in [0.25, 0.3) is 6.08 Å². The smallest absolute Gasteiger partial charge is 0.124 e. The third-order valence-corrected chi connectivity index (χ3v) is 2.33. The Kier molecular flexibility index (Phi) is 6.08. The zero-order valence-corrected chi connectivity index (χ0v) is 9.93. The Hall–Kier alpha value is -0.900. The Morgan fingerprint density at radius 1 is 1.50 bits per heavy atom. The van der Waals surface area contributed by atoms with Crippen molar-refractivity contribution in [2.45, 2.75) is 0 Å². The van der Waals surface area contributed by atoms with E-state index in [1.165, 1.54) is 12.1 Å². The number of halogens is 2. The number of rotatable bonds is 6. The van der Waals surface area contributed by atoms with Gasteiger partial charge in [-0.15, -0.1) is 0 Å². The fraction of sp³-hybridized carbons (Fsp3) is 0.333. The highest BCUT2D eigenvalue weighted by atomic mass is 35.5. The van der Waals surface area contributed by atoms with E-state index in [4.69, 9.17) is 16.3 Å². The molecular weight excluding hydrogens is 229 g/mol. The quantitative estimate of drug-likeness (QED) is 0.776. The van der Waals surface area contributed by atoms with Gasteiger partial charge in [0.05, 0.1) is 11.6 Å². The molecule has 1 aromatic carbocycles. The molecule has 0 saturated carbocycles. The molecule has 1 aromatic rings. The maximum Gasteiger partial charge on any atom is 0.124 e. The van der Waals surface area contributed by atoms with E-state index >= 15 is 0 Å². The first kappa shape index (κ1) is 13.2. The van der Waals surface area contributed by atoms with E-state index < -0.39 is 0 Å².